The van der Waals surface area contributed by atoms with E-state index >= 15 is 0 Å². The highest BCUT2D eigenvalue weighted by atomic mass is 16.4. The van der Waals surface area contributed by atoms with Crippen molar-refractivity contribution in [3.05, 3.63) is 0 Å². The summed E-state index contributed by atoms with van der Waals surface area (Å²) in [4.78, 5) is 35.9. The summed E-state index contributed by atoms with van der Waals surface area (Å²) >= 11 is 0. The molecule has 19 heavy (non-hydrogen) atoms. The Morgan fingerprint density at radius 1 is 1.42 bits per heavy atom. The van der Waals surface area contributed by atoms with E-state index in [-0.39, 0.29) is 43.2 Å². The maximum Gasteiger partial charge on any atom is 0.305 e. The second-order valence-electron chi connectivity index (χ2n) is 4.85. The summed E-state index contributed by atoms with van der Waals surface area (Å²) in [5, 5.41) is 11.1. The fraction of sp³-hybridized carbons (Fsp3) is 0.769. The number of hydrogen-bond acceptors (Lipinski definition) is 3. The van der Waals surface area contributed by atoms with E-state index in [1.165, 1.54) is 0 Å². The Bertz CT molecular complexity index is 353. The summed E-state index contributed by atoms with van der Waals surface area (Å²) in [5.41, 5.74) is 0. The van der Waals surface area contributed by atoms with Crippen molar-refractivity contribution in [2.24, 2.45) is 5.92 Å². The first-order valence-electron chi connectivity index (χ1n) is 6.78. The van der Waals surface area contributed by atoms with Crippen molar-refractivity contribution in [3.63, 3.8) is 0 Å². The van der Waals surface area contributed by atoms with Gasteiger partial charge in [-0.25, -0.2) is 0 Å². The molecule has 1 rings (SSSR count). The number of amides is 2. The van der Waals surface area contributed by atoms with Crippen LogP contribution in [0.4, 0.5) is 0 Å². The van der Waals surface area contributed by atoms with Crippen LogP contribution in [0.1, 0.15) is 39.5 Å². The number of carbonyl (C=O) groups excluding carboxylic acids is 2. The van der Waals surface area contributed by atoms with Crippen molar-refractivity contribution in [1.82, 2.24) is 10.2 Å². The molecule has 0 aromatic carbocycles. The van der Waals surface area contributed by atoms with E-state index in [1.54, 1.807) is 4.90 Å². The number of nitrogens with one attached hydrogen (secondary N) is 1. The minimum atomic E-state index is -0.943. The lowest BCUT2D eigenvalue weighted by Crippen LogP contribution is -2.38. The third kappa shape index (κ3) is 4.22. The van der Waals surface area contributed by atoms with Crippen LogP contribution >= 0.6 is 0 Å². The summed E-state index contributed by atoms with van der Waals surface area (Å²) in [6.45, 7) is 4.62. The molecule has 2 amide bonds. The van der Waals surface area contributed by atoms with Crippen molar-refractivity contribution in [2.75, 3.05) is 13.1 Å². The van der Waals surface area contributed by atoms with Gasteiger partial charge in [0.1, 0.15) is 0 Å². The van der Waals surface area contributed by atoms with Crippen molar-refractivity contribution in [1.29, 1.82) is 0 Å². The molecular formula is C13H22N2O4. The van der Waals surface area contributed by atoms with Crippen LogP contribution in [0.3, 0.4) is 0 Å². The maximum absolute atomic E-state index is 11.9. The molecule has 1 heterocycles. The number of hydrogen-bond donors (Lipinski definition) is 2. The fourth-order valence-electron chi connectivity index (χ4n) is 2.43. The average Bonchev–Trinajstić information content (AvgIpc) is 2.73. The highest BCUT2D eigenvalue weighted by Crippen LogP contribution is 2.23. The molecule has 0 bridgehead atoms. The van der Waals surface area contributed by atoms with Crippen LogP contribution < -0.4 is 5.32 Å². The van der Waals surface area contributed by atoms with Gasteiger partial charge in [0, 0.05) is 25.6 Å². The molecule has 1 aliphatic rings. The van der Waals surface area contributed by atoms with E-state index in [0.29, 0.717) is 6.54 Å². The number of rotatable bonds is 7. The normalized spacial score (nSPS) is 19.0. The highest BCUT2D eigenvalue weighted by molar-refractivity contribution is 5.89. The molecule has 1 fully saturated rings. The van der Waals surface area contributed by atoms with E-state index in [9.17, 15) is 14.4 Å². The molecule has 108 valence electrons. The van der Waals surface area contributed by atoms with Gasteiger partial charge in [0.2, 0.25) is 11.8 Å². The van der Waals surface area contributed by atoms with E-state index in [0.717, 1.165) is 12.8 Å². The SMILES string of the molecule is CCC(CC)N1C[C@@H](C(=O)NCCC(=O)O)CC1=O. The zero-order valence-electron chi connectivity index (χ0n) is 11.5. The highest BCUT2D eigenvalue weighted by Gasteiger charge is 2.36. The molecule has 6 nitrogen and oxygen atoms in total. The predicted molar refractivity (Wildman–Crippen MR) is 69.5 cm³/mol. The summed E-state index contributed by atoms with van der Waals surface area (Å²) < 4.78 is 0. The smallest absolute Gasteiger partial charge is 0.305 e. The zero-order valence-corrected chi connectivity index (χ0v) is 11.5. The van der Waals surface area contributed by atoms with Gasteiger partial charge >= 0.3 is 5.97 Å². The van der Waals surface area contributed by atoms with Gasteiger partial charge in [0.25, 0.3) is 0 Å². The summed E-state index contributed by atoms with van der Waals surface area (Å²) in [7, 11) is 0. The van der Waals surface area contributed by atoms with Gasteiger partial charge < -0.3 is 15.3 Å². The minimum absolute atomic E-state index is 0.0204. The Balaban J connectivity index is 2.47. The molecule has 0 radical (unpaired) electrons. The average molecular weight is 270 g/mol. The lowest BCUT2D eigenvalue weighted by Gasteiger charge is -2.26. The first-order valence-corrected chi connectivity index (χ1v) is 6.78. The number of carbonyl (C=O) groups is 3. The summed E-state index contributed by atoms with van der Waals surface area (Å²) in [5.74, 6) is -1.49. The third-order valence-corrected chi connectivity index (χ3v) is 3.55. The predicted octanol–water partition coefficient (Wildman–Crippen LogP) is 0.614. The monoisotopic (exact) mass is 270 g/mol. The van der Waals surface area contributed by atoms with Gasteiger partial charge in [0.05, 0.1) is 12.3 Å². The minimum Gasteiger partial charge on any atom is -0.481 e. The van der Waals surface area contributed by atoms with Crippen LogP contribution in [-0.4, -0.2) is 46.9 Å². The van der Waals surface area contributed by atoms with Gasteiger partial charge in [-0.3, -0.25) is 14.4 Å². The van der Waals surface area contributed by atoms with E-state index in [2.05, 4.69) is 5.32 Å². The first kappa shape index (κ1) is 15.5. The van der Waals surface area contributed by atoms with Crippen molar-refractivity contribution in [2.45, 2.75) is 45.6 Å². The third-order valence-electron chi connectivity index (χ3n) is 3.55. The van der Waals surface area contributed by atoms with Crippen LogP contribution in [0.5, 0.6) is 0 Å². The fourth-order valence-corrected chi connectivity index (χ4v) is 2.43. The van der Waals surface area contributed by atoms with Gasteiger partial charge in [-0.05, 0) is 12.8 Å². The van der Waals surface area contributed by atoms with E-state index in [4.69, 9.17) is 5.11 Å². The summed E-state index contributed by atoms with van der Waals surface area (Å²) in [6, 6.07) is 0.198. The van der Waals surface area contributed by atoms with Crippen molar-refractivity contribution >= 4 is 17.8 Å². The van der Waals surface area contributed by atoms with E-state index in [1.807, 2.05) is 13.8 Å². The van der Waals surface area contributed by atoms with Gasteiger partial charge in [-0.15, -0.1) is 0 Å². The van der Waals surface area contributed by atoms with Crippen LogP contribution in [0.2, 0.25) is 0 Å². The largest absolute Gasteiger partial charge is 0.481 e. The molecule has 0 aromatic rings. The second kappa shape index (κ2) is 7.11. The molecule has 0 saturated carbocycles. The molecule has 0 aliphatic carbocycles. The Morgan fingerprint density at radius 2 is 2.05 bits per heavy atom. The molecule has 1 atom stereocenters. The molecule has 0 unspecified atom stereocenters. The molecule has 6 heteroatoms. The lowest BCUT2D eigenvalue weighted by molar-refractivity contribution is -0.137. The second-order valence-corrected chi connectivity index (χ2v) is 4.85. The Hall–Kier alpha value is -1.59. The van der Waals surface area contributed by atoms with Gasteiger partial charge in [-0.2, -0.15) is 0 Å². The van der Waals surface area contributed by atoms with Crippen LogP contribution in [0.15, 0.2) is 0 Å². The Morgan fingerprint density at radius 3 is 2.58 bits per heavy atom. The molecule has 1 saturated heterocycles. The Labute approximate surface area is 113 Å². The molecule has 0 aromatic heterocycles. The Kier molecular flexibility index (Phi) is 5.79. The first-order chi connectivity index (χ1) is 8.99. The van der Waals surface area contributed by atoms with Crippen molar-refractivity contribution < 1.29 is 19.5 Å². The molecule has 0 spiro atoms. The van der Waals surface area contributed by atoms with Crippen molar-refractivity contribution in [3.8, 4) is 0 Å². The summed E-state index contributed by atoms with van der Waals surface area (Å²) in [6.07, 6.45) is 1.91. The number of aliphatic carboxylic acids is 1. The van der Waals surface area contributed by atoms with E-state index < -0.39 is 5.97 Å². The number of nitrogens with zero attached hydrogens (tertiary/aromatic N) is 1. The van der Waals surface area contributed by atoms with Crippen LogP contribution in [0, 0.1) is 5.92 Å². The maximum atomic E-state index is 11.9. The lowest BCUT2D eigenvalue weighted by atomic mass is 10.1. The number of carboxylic acids is 1. The van der Waals surface area contributed by atoms with Crippen LogP contribution in [0.25, 0.3) is 0 Å². The standard InChI is InChI=1S/C13H22N2O4/c1-3-10(4-2)15-8-9(7-11(15)16)13(19)14-6-5-12(17)18/h9-10H,3-8H2,1-2H3,(H,14,19)(H,17,18)/t9-/m0/s1. The molecule has 1 aliphatic heterocycles. The number of carboxylic acid groups (broad SMARTS) is 1. The quantitative estimate of drug-likeness (QED) is 0.710. The van der Waals surface area contributed by atoms with Crippen LogP contribution in [-0.2, 0) is 14.4 Å². The zero-order chi connectivity index (χ0) is 14.4. The molecule has 2 N–H and O–H groups in total. The molecular weight excluding hydrogens is 248 g/mol. The van der Waals surface area contributed by atoms with Gasteiger partial charge in [0.15, 0.2) is 0 Å². The topological polar surface area (TPSA) is 86.7 Å². The number of likely N-dealkylation sites (tertiary alicyclic amines) is 1. The van der Waals surface area contributed by atoms with Gasteiger partial charge in [-0.1, -0.05) is 13.8 Å².